The number of methoxy groups -OCH3 is 2. The summed E-state index contributed by atoms with van der Waals surface area (Å²) in [5.74, 6) is 3.54. The van der Waals surface area contributed by atoms with Crippen molar-refractivity contribution in [1.82, 2.24) is 14.8 Å². The van der Waals surface area contributed by atoms with E-state index >= 15 is 0 Å². The molecule has 2 atom stereocenters. The lowest BCUT2D eigenvalue weighted by molar-refractivity contribution is 0.217. The summed E-state index contributed by atoms with van der Waals surface area (Å²) < 4.78 is 25.8. The van der Waals surface area contributed by atoms with Gasteiger partial charge in [0.05, 0.1) is 26.5 Å². The average Bonchev–Trinajstić information content (AvgIpc) is 3.40. The molecule has 3 aromatic carbocycles. The number of nitrogens with zero attached hydrogens (tertiary/aromatic N) is 3. The van der Waals surface area contributed by atoms with Gasteiger partial charge in [-0.05, 0) is 42.8 Å². The Morgan fingerprint density at radius 3 is 2.58 bits per heavy atom. The number of para-hydroxylation sites is 2. The van der Waals surface area contributed by atoms with Gasteiger partial charge >= 0.3 is 0 Å². The average molecular weight is 483 g/mol. The summed E-state index contributed by atoms with van der Waals surface area (Å²) in [5.41, 5.74) is 4.82. The number of rotatable bonds is 6. The molecule has 1 aromatic heterocycles. The van der Waals surface area contributed by atoms with E-state index in [2.05, 4.69) is 21.5 Å². The van der Waals surface area contributed by atoms with Gasteiger partial charge in [0, 0.05) is 16.7 Å². The fourth-order valence-corrected chi connectivity index (χ4v) is 5.01. The number of fused-ring (bicyclic) bond motifs is 3. The number of nitrogens with one attached hydrogen (secondary N) is 1. The molecule has 8 nitrogen and oxygen atoms in total. The molecule has 0 unspecified atom stereocenters. The van der Waals surface area contributed by atoms with Crippen molar-refractivity contribution in [1.29, 1.82) is 0 Å². The summed E-state index contributed by atoms with van der Waals surface area (Å²) in [5, 5.41) is 8.12. The largest absolute Gasteiger partial charge is 0.496 e. The van der Waals surface area contributed by atoms with Gasteiger partial charge in [-0.25, -0.2) is 4.68 Å². The molecule has 8 heteroatoms. The lowest BCUT2D eigenvalue weighted by Crippen LogP contribution is -2.32. The van der Waals surface area contributed by atoms with Crippen LogP contribution in [0.3, 0.4) is 0 Å². The van der Waals surface area contributed by atoms with E-state index in [1.807, 2.05) is 72.3 Å². The highest BCUT2D eigenvalue weighted by atomic mass is 16.5. The zero-order chi connectivity index (χ0) is 24.6. The standard InChI is InChI=1S/C28H26N4O4/c1-4-35-22-14-13-17(15-23(22)34-3)26-24-25(31-28-29-16-30-32(26)28)18-9-5-8-12-21(18)36-27(24)19-10-6-7-11-20(19)33-2/h5-16,26-27H,4H2,1-3H3,(H,29,30,31)/t26-,27-/m1/s1. The highest BCUT2D eigenvalue weighted by Gasteiger charge is 2.42. The molecular weight excluding hydrogens is 456 g/mol. The van der Waals surface area contributed by atoms with Crippen LogP contribution in [0.5, 0.6) is 23.0 Å². The molecule has 0 fully saturated rings. The Bertz CT molecular complexity index is 1460. The molecule has 3 heterocycles. The van der Waals surface area contributed by atoms with Gasteiger partial charge in [0.1, 0.15) is 23.9 Å². The number of hydrogen-bond acceptors (Lipinski definition) is 7. The minimum Gasteiger partial charge on any atom is -0.496 e. The second kappa shape index (κ2) is 8.96. The summed E-state index contributed by atoms with van der Waals surface area (Å²) in [7, 11) is 3.32. The van der Waals surface area contributed by atoms with E-state index < -0.39 is 6.10 Å². The highest BCUT2D eigenvalue weighted by molar-refractivity contribution is 5.85. The monoisotopic (exact) mass is 482 g/mol. The van der Waals surface area contributed by atoms with Crippen molar-refractivity contribution in [2.45, 2.75) is 19.1 Å². The van der Waals surface area contributed by atoms with E-state index in [-0.39, 0.29) is 6.04 Å². The Balaban J connectivity index is 1.61. The van der Waals surface area contributed by atoms with Crippen LogP contribution in [0.15, 0.2) is 78.6 Å². The second-order valence-electron chi connectivity index (χ2n) is 8.47. The van der Waals surface area contributed by atoms with Crippen LogP contribution in [0.4, 0.5) is 5.95 Å². The molecule has 2 aliphatic rings. The Morgan fingerprint density at radius 2 is 1.75 bits per heavy atom. The summed E-state index contributed by atoms with van der Waals surface area (Å²) in [6.45, 7) is 2.50. The zero-order valence-electron chi connectivity index (χ0n) is 20.3. The predicted molar refractivity (Wildman–Crippen MR) is 136 cm³/mol. The SMILES string of the molecule is CCOc1ccc([C@@H]2C3=C(Nc4ncnn42)c2ccccc2O[C@@H]3c2ccccc2OC)cc1OC. The molecule has 2 aliphatic heterocycles. The molecule has 0 spiro atoms. The van der Waals surface area contributed by atoms with Gasteiger partial charge in [0.25, 0.3) is 0 Å². The van der Waals surface area contributed by atoms with Crippen LogP contribution in [-0.4, -0.2) is 35.6 Å². The third-order valence-electron chi connectivity index (χ3n) is 6.55. The quantitative estimate of drug-likeness (QED) is 0.402. The van der Waals surface area contributed by atoms with E-state index in [0.717, 1.165) is 39.5 Å². The minimum absolute atomic E-state index is 0.313. The second-order valence-corrected chi connectivity index (χ2v) is 8.47. The topological polar surface area (TPSA) is 79.7 Å². The van der Waals surface area contributed by atoms with Crippen LogP contribution in [0.25, 0.3) is 5.70 Å². The highest BCUT2D eigenvalue weighted by Crippen LogP contribution is 2.52. The van der Waals surface area contributed by atoms with E-state index in [1.54, 1.807) is 20.5 Å². The number of aromatic nitrogens is 3. The fraction of sp³-hybridized carbons (Fsp3) is 0.214. The van der Waals surface area contributed by atoms with Gasteiger partial charge in [0.15, 0.2) is 17.6 Å². The third kappa shape index (κ3) is 3.45. The smallest absolute Gasteiger partial charge is 0.226 e. The third-order valence-corrected chi connectivity index (χ3v) is 6.55. The van der Waals surface area contributed by atoms with Crippen molar-refractivity contribution in [2.75, 3.05) is 26.1 Å². The van der Waals surface area contributed by atoms with Gasteiger partial charge in [0.2, 0.25) is 5.95 Å². The first kappa shape index (κ1) is 22.0. The van der Waals surface area contributed by atoms with Gasteiger partial charge in [-0.2, -0.15) is 10.1 Å². The van der Waals surface area contributed by atoms with Crippen LogP contribution in [-0.2, 0) is 0 Å². The Morgan fingerprint density at radius 1 is 0.944 bits per heavy atom. The maximum absolute atomic E-state index is 6.70. The molecular formula is C28H26N4O4. The summed E-state index contributed by atoms with van der Waals surface area (Å²) in [6, 6.07) is 21.6. The maximum Gasteiger partial charge on any atom is 0.226 e. The first-order chi connectivity index (χ1) is 17.7. The summed E-state index contributed by atoms with van der Waals surface area (Å²) in [6.07, 6.45) is 1.13. The van der Waals surface area contributed by atoms with Crippen LogP contribution in [0, 0.1) is 0 Å². The molecule has 1 N–H and O–H groups in total. The Hall–Kier alpha value is -4.46. The number of anilines is 1. The van der Waals surface area contributed by atoms with Crippen molar-refractivity contribution in [3.8, 4) is 23.0 Å². The lowest BCUT2D eigenvalue weighted by Gasteiger charge is -2.39. The molecule has 36 heavy (non-hydrogen) atoms. The van der Waals surface area contributed by atoms with E-state index in [9.17, 15) is 0 Å². The van der Waals surface area contributed by atoms with Crippen LogP contribution >= 0.6 is 0 Å². The Kier molecular flexibility index (Phi) is 5.48. The summed E-state index contributed by atoms with van der Waals surface area (Å²) in [4.78, 5) is 4.50. The first-order valence-corrected chi connectivity index (χ1v) is 11.8. The normalized spacial score (nSPS) is 17.8. The fourth-order valence-electron chi connectivity index (χ4n) is 5.01. The number of hydrogen-bond donors (Lipinski definition) is 1. The first-order valence-electron chi connectivity index (χ1n) is 11.8. The van der Waals surface area contributed by atoms with Gasteiger partial charge in [-0.15, -0.1) is 0 Å². The maximum atomic E-state index is 6.70. The van der Waals surface area contributed by atoms with Gasteiger partial charge < -0.3 is 24.3 Å². The van der Waals surface area contributed by atoms with E-state index in [1.165, 1.54) is 0 Å². The molecule has 0 saturated carbocycles. The molecule has 0 radical (unpaired) electrons. The number of ether oxygens (including phenoxy) is 4. The van der Waals surface area contributed by atoms with Crippen LogP contribution in [0.1, 0.15) is 35.8 Å². The van der Waals surface area contributed by atoms with Crippen LogP contribution < -0.4 is 24.3 Å². The summed E-state index contributed by atoms with van der Waals surface area (Å²) >= 11 is 0. The van der Waals surface area contributed by atoms with E-state index in [4.69, 9.17) is 18.9 Å². The molecule has 0 amide bonds. The van der Waals surface area contributed by atoms with Crippen molar-refractivity contribution in [3.63, 3.8) is 0 Å². The van der Waals surface area contributed by atoms with Crippen molar-refractivity contribution >= 4 is 11.6 Å². The van der Waals surface area contributed by atoms with Gasteiger partial charge in [-0.1, -0.05) is 36.4 Å². The molecule has 182 valence electrons. The zero-order valence-corrected chi connectivity index (χ0v) is 20.3. The molecule has 0 aliphatic carbocycles. The Labute approximate surface area is 209 Å². The molecule has 0 saturated heterocycles. The number of benzene rings is 3. The van der Waals surface area contributed by atoms with Crippen molar-refractivity contribution in [3.05, 3.63) is 95.3 Å². The minimum atomic E-state index is -0.432. The van der Waals surface area contributed by atoms with Crippen LogP contribution in [0.2, 0.25) is 0 Å². The molecule has 6 rings (SSSR count). The molecule has 0 bridgehead atoms. The van der Waals surface area contributed by atoms with Crippen molar-refractivity contribution in [2.24, 2.45) is 0 Å². The van der Waals surface area contributed by atoms with Gasteiger partial charge in [-0.3, -0.25) is 0 Å². The predicted octanol–water partition coefficient (Wildman–Crippen LogP) is 5.25. The lowest BCUT2D eigenvalue weighted by atomic mass is 9.84. The molecule has 4 aromatic rings. The van der Waals surface area contributed by atoms with E-state index in [0.29, 0.717) is 24.1 Å². The van der Waals surface area contributed by atoms with Crippen molar-refractivity contribution < 1.29 is 18.9 Å².